The van der Waals surface area contributed by atoms with Crippen molar-refractivity contribution >= 4 is 17.6 Å². The summed E-state index contributed by atoms with van der Waals surface area (Å²) in [5, 5.41) is 11.1. The molecule has 0 fully saturated rings. The molecule has 0 saturated carbocycles. The lowest BCUT2D eigenvalue weighted by molar-refractivity contribution is -0.137. The highest BCUT2D eigenvalue weighted by molar-refractivity contribution is 5.95. The number of nitrogens with two attached hydrogens (primary N) is 1. The molecule has 0 radical (unpaired) electrons. The smallest absolute Gasteiger partial charge is 0.303 e. The number of benzene rings is 1. The summed E-state index contributed by atoms with van der Waals surface area (Å²) in [5.41, 5.74) is 6.12. The molecule has 1 unspecified atom stereocenters. The largest absolute Gasteiger partial charge is 0.481 e. The quantitative estimate of drug-likeness (QED) is 0.717. The van der Waals surface area contributed by atoms with Gasteiger partial charge in [0.25, 0.3) is 0 Å². The molecular formula is C12H14N2O5. The minimum Gasteiger partial charge on any atom is -0.481 e. The summed E-state index contributed by atoms with van der Waals surface area (Å²) in [6.07, 6.45) is -0.0541. The van der Waals surface area contributed by atoms with Crippen LogP contribution in [-0.2, 0) is 9.59 Å². The summed E-state index contributed by atoms with van der Waals surface area (Å²) in [4.78, 5) is 22.1. The maximum atomic E-state index is 11.7. The van der Waals surface area contributed by atoms with Crippen LogP contribution < -0.4 is 20.5 Å². The first-order valence-electron chi connectivity index (χ1n) is 5.74. The minimum atomic E-state index is -0.980. The van der Waals surface area contributed by atoms with E-state index in [1.807, 2.05) is 0 Å². The molecule has 7 nitrogen and oxygen atoms in total. The minimum absolute atomic E-state index is 0.0890. The van der Waals surface area contributed by atoms with Gasteiger partial charge in [0.2, 0.25) is 12.7 Å². The topological polar surface area (TPSA) is 111 Å². The summed E-state index contributed by atoms with van der Waals surface area (Å²) in [7, 11) is 0. The first kappa shape index (κ1) is 13.2. The molecule has 0 spiro atoms. The molecule has 7 heteroatoms. The summed E-state index contributed by atoms with van der Waals surface area (Å²) in [6, 6.07) is 4.11. The van der Waals surface area contributed by atoms with E-state index in [0.717, 1.165) is 0 Å². The standard InChI is InChI=1S/C12H14N2O5/c13-8(2-4-11(15)16)12(17)14-7-1-3-9-10(5-7)19-6-18-9/h1,3,5,8H,2,4,6,13H2,(H,14,17)(H,15,16). The number of fused-ring (bicyclic) bond motifs is 1. The lowest BCUT2D eigenvalue weighted by Gasteiger charge is -2.11. The van der Waals surface area contributed by atoms with E-state index in [1.165, 1.54) is 0 Å². The zero-order valence-corrected chi connectivity index (χ0v) is 10.1. The SMILES string of the molecule is NC(CCC(=O)O)C(=O)Nc1ccc2c(c1)OCO2. The van der Waals surface area contributed by atoms with Gasteiger partial charge in [-0.25, -0.2) is 0 Å². The predicted molar refractivity (Wildman–Crippen MR) is 66.0 cm³/mol. The summed E-state index contributed by atoms with van der Waals surface area (Å²) in [5.74, 6) is -0.239. The fraction of sp³-hybridized carbons (Fsp3) is 0.333. The van der Waals surface area contributed by atoms with E-state index in [2.05, 4.69) is 5.32 Å². The van der Waals surface area contributed by atoms with E-state index in [1.54, 1.807) is 18.2 Å². The molecule has 102 valence electrons. The summed E-state index contributed by atoms with van der Waals surface area (Å²) >= 11 is 0. The van der Waals surface area contributed by atoms with E-state index in [9.17, 15) is 9.59 Å². The normalized spacial score (nSPS) is 13.9. The van der Waals surface area contributed by atoms with Crippen molar-refractivity contribution in [2.24, 2.45) is 5.73 Å². The van der Waals surface area contributed by atoms with Crippen LogP contribution in [0.15, 0.2) is 18.2 Å². The molecule has 1 aliphatic heterocycles. The number of hydrogen-bond donors (Lipinski definition) is 3. The van der Waals surface area contributed by atoms with Gasteiger partial charge in [0, 0.05) is 18.2 Å². The van der Waals surface area contributed by atoms with Crippen LogP contribution in [0, 0.1) is 0 Å². The third-order valence-electron chi connectivity index (χ3n) is 2.65. The number of carbonyl (C=O) groups is 2. The third kappa shape index (κ3) is 3.35. The number of rotatable bonds is 5. The van der Waals surface area contributed by atoms with Gasteiger partial charge in [-0.05, 0) is 18.6 Å². The van der Waals surface area contributed by atoms with Crippen molar-refractivity contribution in [1.29, 1.82) is 0 Å². The van der Waals surface area contributed by atoms with Gasteiger partial charge >= 0.3 is 5.97 Å². The Morgan fingerprint density at radius 3 is 2.84 bits per heavy atom. The maximum absolute atomic E-state index is 11.7. The number of hydrogen-bond acceptors (Lipinski definition) is 5. The van der Waals surface area contributed by atoms with Crippen LogP contribution in [0.1, 0.15) is 12.8 Å². The predicted octanol–water partition coefficient (Wildman–Crippen LogP) is 0.546. The second-order valence-electron chi connectivity index (χ2n) is 4.10. The number of amides is 1. The Morgan fingerprint density at radius 2 is 2.11 bits per heavy atom. The van der Waals surface area contributed by atoms with Gasteiger partial charge in [0.1, 0.15) is 0 Å². The van der Waals surface area contributed by atoms with E-state index >= 15 is 0 Å². The average Bonchev–Trinajstić information content (AvgIpc) is 2.83. The molecular weight excluding hydrogens is 252 g/mol. The molecule has 1 heterocycles. The molecule has 1 aromatic rings. The van der Waals surface area contributed by atoms with Crippen molar-refractivity contribution in [3.05, 3.63) is 18.2 Å². The molecule has 0 aromatic heterocycles. The van der Waals surface area contributed by atoms with Crippen molar-refractivity contribution in [2.75, 3.05) is 12.1 Å². The van der Waals surface area contributed by atoms with Crippen molar-refractivity contribution in [3.8, 4) is 11.5 Å². The van der Waals surface area contributed by atoms with Crippen LogP contribution in [0.3, 0.4) is 0 Å². The fourth-order valence-corrected chi connectivity index (χ4v) is 1.62. The Bertz CT molecular complexity index is 503. The summed E-state index contributed by atoms with van der Waals surface area (Å²) < 4.78 is 10.3. The Morgan fingerprint density at radius 1 is 1.37 bits per heavy atom. The zero-order chi connectivity index (χ0) is 13.8. The van der Waals surface area contributed by atoms with Crippen molar-refractivity contribution in [2.45, 2.75) is 18.9 Å². The molecule has 1 amide bonds. The molecule has 4 N–H and O–H groups in total. The van der Waals surface area contributed by atoms with Gasteiger partial charge in [0.15, 0.2) is 11.5 Å². The van der Waals surface area contributed by atoms with Gasteiger partial charge in [-0.3, -0.25) is 9.59 Å². The number of aliphatic carboxylic acids is 1. The number of carboxylic acids is 1. The van der Waals surface area contributed by atoms with Crippen molar-refractivity contribution in [3.63, 3.8) is 0 Å². The second kappa shape index (κ2) is 5.57. The lowest BCUT2D eigenvalue weighted by atomic mass is 10.1. The van der Waals surface area contributed by atoms with Crippen LogP contribution in [0.4, 0.5) is 5.69 Å². The van der Waals surface area contributed by atoms with E-state index < -0.39 is 17.9 Å². The monoisotopic (exact) mass is 266 g/mol. The fourth-order valence-electron chi connectivity index (χ4n) is 1.62. The Hall–Kier alpha value is -2.28. The van der Waals surface area contributed by atoms with Crippen molar-refractivity contribution in [1.82, 2.24) is 0 Å². The number of nitrogens with one attached hydrogen (secondary N) is 1. The molecule has 1 atom stereocenters. The van der Waals surface area contributed by atoms with Crippen LogP contribution in [0.5, 0.6) is 11.5 Å². The Kier molecular flexibility index (Phi) is 3.86. The van der Waals surface area contributed by atoms with Crippen LogP contribution in [0.2, 0.25) is 0 Å². The van der Waals surface area contributed by atoms with Gasteiger partial charge < -0.3 is 25.6 Å². The Balaban J connectivity index is 1.93. The van der Waals surface area contributed by atoms with Gasteiger partial charge in [-0.15, -0.1) is 0 Å². The third-order valence-corrected chi connectivity index (χ3v) is 2.65. The number of carboxylic acid groups (broad SMARTS) is 1. The maximum Gasteiger partial charge on any atom is 0.303 e. The Labute approximate surface area is 109 Å². The molecule has 0 saturated heterocycles. The number of anilines is 1. The van der Waals surface area contributed by atoms with E-state index in [-0.39, 0.29) is 19.6 Å². The van der Waals surface area contributed by atoms with Gasteiger partial charge in [-0.2, -0.15) is 0 Å². The molecule has 0 bridgehead atoms. The highest BCUT2D eigenvalue weighted by atomic mass is 16.7. The average molecular weight is 266 g/mol. The highest BCUT2D eigenvalue weighted by Gasteiger charge is 2.17. The van der Waals surface area contributed by atoms with E-state index in [4.69, 9.17) is 20.3 Å². The van der Waals surface area contributed by atoms with Crippen molar-refractivity contribution < 1.29 is 24.2 Å². The highest BCUT2D eigenvalue weighted by Crippen LogP contribution is 2.34. The second-order valence-corrected chi connectivity index (χ2v) is 4.10. The number of carbonyl (C=O) groups excluding carboxylic acids is 1. The van der Waals surface area contributed by atoms with Gasteiger partial charge in [0.05, 0.1) is 6.04 Å². The molecule has 2 rings (SSSR count). The van der Waals surface area contributed by atoms with E-state index in [0.29, 0.717) is 17.2 Å². The summed E-state index contributed by atoms with van der Waals surface area (Å²) in [6.45, 7) is 0.158. The molecule has 0 aliphatic carbocycles. The first-order valence-corrected chi connectivity index (χ1v) is 5.74. The van der Waals surface area contributed by atoms with Crippen LogP contribution in [0.25, 0.3) is 0 Å². The molecule has 1 aliphatic rings. The van der Waals surface area contributed by atoms with Crippen LogP contribution >= 0.6 is 0 Å². The number of ether oxygens (including phenoxy) is 2. The zero-order valence-electron chi connectivity index (χ0n) is 10.1. The van der Waals surface area contributed by atoms with Gasteiger partial charge in [-0.1, -0.05) is 0 Å². The molecule has 1 aromatic carbocycles. The van der Waals surface area contributed by atoms with Crippen LogP contribution in [-0.4, -0.2) is 29.8 Å². The molecule has 19 heavy (non-hydrogen) atoms. The lowest BCUT2D eigenvalue weighted by Crippen LogP contribution is -2.36. The first-order chi connectivity index (χ1) is 9.06.